The van der Waals surface area contributed by atoms with Gasteiger partial charge in [-0.25, -0.2) is 0 Å². The van der Waals surface area contributed by atoms with Crippen LogP contribution in [0.3, 0.4) is 0 Å². The van der Waals surface area contributed by atoms with E-state index in [0.29, 0.717) is 23.9 Å². The van der Waals surface area contributed by atoms with Crippen LogP contribution in [0, 0.1) is 5.92 Å². The third kappa shape index (κ3) is 3.34. The summed E-state index contributed by atoms with van der Waals surface area (Å²) >= 11 is 0. The van der Waals surface area contributed by atoms with Gasteiger partial charge >= 0.3 is 5.97 Å². The summed E-state index contributed by atoms with van der Waals surface area (Å²) in [6, 6.07) is 7.38. The zero-order valence-electron chi connectivity index (χ0n) is 11.4. The summed E-state index contributed by atoms with van der Waals surface area (Å²) in [5, 5.41) is 12.6. The standard InChI is InChI=1S/C14H16N2O4/c1-9(8-13(17)18)7-12-15-14(16-20-12)10-5-3-4-6-11(10)19-2/h3-6,9H,7-8H2,1-2H3,(H,17,18). The van der Waals surface area contributed by atoms with E-state index in [0.717, 1.165) is 5.56 Å². The molecule has 0 radical (unpaired) electrons. The normalized spacial score (nSPS) is 12.1. The minimum absolute atomic E-state index is 0.0570. The van der Waals surface area contributed by atoms with Crippen LogP contribution in [-0.4, -0.2) is 28.3 Å². The molecular formula is C14H16N2O4. The second-order valence-corrected chi connectivity index (χ2v) is 4.62. The number of aromatic nitrogens is 2. The van der Waals surface area contributed by atoms with Crippen molar-refractivity contribution in [3.8, 4) is 17.1 Å². The molecule has 0 saturated carbocycles. The van der Waals surface area contributed by atoms with Crippen molar-refractivity contribution in [1.29, 1.82) is 0 Å². The van der Waals surface area contributed by atoms with E-state index in [9.17, 15) is 4.79 Å². The van der Waals surface area contributed by atoms with Gasteiger partial charge in [0.1, 0.15) is 5.75 Å². The monoisotopic (exact) mass is 276 g/mol. The summed E-state index contributed by atoms with van der Waals surface area (Å²) in [5.74, 6) is 0.651. The Hall–Kier alpha value is -2.37. The molecule has 1 heterocycles. The molecule has 0 aliphatic rings. The molecule has 1 atom stereocenters. The predicted molar refractivity (Wildman–Crippen MR) is 71.4 cm³/mol. The van der Waals surface area contributed by atoms with Crippen LogP contribution in [0.15, 0.2) is 28.8 Å². The number of hydrogen-bond donors (Lipinski definition) is 1. The van der Waals surface area contributed by atoms with E-state index >= 15 is 0 Å². The van der Waals surface area contributed by atoms with Crippen LogP contribution >= 0.6 is 0 Å². The summed E-state index contributed by atoms with van der Waals surface area (Å²) < 4.78 is 10.4. The molecule has 1 aromatic carbocycles. The first-order valence-corrected chi connectivity index (χ1v) is 6.28. The van der Waals surface area contributed by atoms with E-state index in [1.165, 1.54) is 0 Å². The molecule has 1 unspecified atom stereocenters. The highest BCUT2D eigenvalue weighted by Crippen LogP contribution is 2.27. The number of ether oxygens (including phenoxy) is 1. The maximum Gasteiger partial charge on any atom is 0.303 e. The van der Waals surface area contributed by atoms with Gasteiger partial charge < -0.3 is 14.4 Å². The molecule has 6 heteroatoms. The summed E-state index contributed by atoms with van der Waals surface area (Å²) in [6.45, 7) is 1.83. The number of rotatable bonds is 6. The number of carboxylic acids is 1. The first-order chi connectivity index (χ1) is 9.60. The van der Waals surface area contributed by atoms with Gasteiger partial charge in [0.2, 0.25) is 11.7 Å². The van der Waals surface area contributed by atoms with Crippen LogP contribution in [-0.2, 0) is 11.2 Å². The molecule has 2 rings (SSSR count). The van der Waals surface area contributed by atoms with E-state index < -0.39 is 5.97 Å². The first kappa shape index (κ1) is 14.0. The molecule has 20 heavy (non-hydrogen) atoms. The lowest BCUT2D eigenvalue weighted by Gasteiger charge is -2.04. The molecule has 0 bridgehead atoms. The second kappa shape index (κ2) is 6.18. The number of nitrogens with zero attached hydrogens (tertiary/aromatic N) is 2. The third-order valence-corrected chi connectivity index (χ3v) is 2.86. The summed E-state index contributed by atoms with van der Waals surface area (Å²) in [7, 11) is 1.58. The minimum Gasteiger partial charge on any atom is -0.496 e. The fourth-order valence-electron chi connectivity index (χ4n) is 1.94. The van der Waals surface area contributed by atoms with Crippen molar-refractivity contribution in [3.63, 3.8) is 0 Å². The van der Waals surface area contributed by atoms with E-state index in [4.69, 9.17) is 14.4 Å². The Balaban J connectivity index is 2.14. The van der Waals surface area contributed by atoms with Crippen LogP contribution in [0.5, 0.6) is 5.75 Å². The lowest BCUT2D eigenvalue weighted by Crippen LogP contribution is -2.07. The Morgan fingerprint density at radius 2 is 2.20 bits per heavy atom. The van der Waals surface area contributed by atoms with E-state index in [-0.39, 0.29) is 12.3 Å². The number of methoxy groups -OCH3 is 1. The Kier molecular flexibility index (Phi) is 4.34. The average molecular weight is 276 g/mol. The molecule has 106 valence electrons. The molecule has 0 fully saturated rings. The zero-order chi connectivity index (χ0) is 14.5. The molecule has 1 aromatic heterocycles. The van der Waals surface area contributed by atoms with Crippen molar-refractivity contribution in [2.75, 3.05) is 7.11 Å². The Morgan fingerprint density at radius 3 is 2.90 bits per heavy atom. The molecule has 1 N–H and O–H groups in total. The summed E-state index contributed by atoms with van der Waals surface area (Å²) in [5.41, 5.74) is 0.746. The molecule has 6 nitrogen and oxygen atoms in total. The van der Waals surface area contributed by atoms with Crippen molar-refractivity contribution in [1.82, 2.24) is 10.1 Å². The maximum absolute atomic E-state index is 10.6. The SMILES string of the molecule is COc1ccccc1-c1noc(CC(C)CC(=O)O)n1. The fraction of sp³-hybridized carbons (Fsp3) is 0.357. The summed E-state index contributed by atoms with van der Waals surface area (Å²) in [6.07, 6.45) is 0.515. The highest BCUT2D eigenvalue weighted by molar-refractivity contribution is 5.67. The number of hydrogen-bond acceptors (Lipinski definition) is 5. The topological polar surface area (TPSA) is 85.5 Å². The van der Waals surface area contributed by atoms with Crippen molar-refractivity contribution >= 4 is 5.97 Å². The van der Waals surface area contributed by atoms with Gasteiger partial charge in [-0.15, -0.1) is 0 Å². The van der Waals surface area contributed by atoms with Gasteiger partial charge in [0.25, 0.3) is 0 Å². The zero-order valence-corrected chi connectivity index (χ0v) is 11.4. The van der Waals surface area contributed by atoms with E-state index in [1.807, 2.05) is 31.2 Å². The number of aliphatic carboxylic acids is 1. The second-order valence-electron chi connectivity index (χ2n) is 4.62. The van der Waals surface area contributed by atoms with Crippen molar-refractivity contribution in [3.05, 3.63) is 30.2 Å². The number of carboxylic acid groups (broad SMARTS) is 1. The first-order valence-electron chi connectivity index (χ1n) is 6.28. The van der Waals surface area contributed by atoms with E-state index in [2.05, 4.69) is 10.1 Å². The lowest BCUT2D eigenvalue weighted by molar-refractivity contribution is -0.137. The minimum atomic E-state index is -0.832. The van der Waals surface area contributed by atoms with Crippen molar-refractivity contribution in [2.24, 2.45) is 5.92 Å². The number of carbonyl (C=O) groups is 1. The highest BCUT2D eigenvalue weighted by atomic mass is 16.5. The predicted octanol–water partition coefficient (Wildman–Crippen LogP) is 2.40. The molecular weight excluding hydrogens is 260 g/mol. The number of para-hydroxylation sites is 1. The maximum atomic E-state index is 10.6. The van der Waals surface area contributed by atoms with Gasteiger partial charge in [0.15, 0.2) is 0 Å². The molecule has 0 saturated heterocycles. The van der Waals surface area contributed by atoms with Crippen molar-refractivity contribution < 1.29 is 19.2 Å². The van der Waals surface area contributed by atoms with Crippen molar-refractivity contribution in [2.45, 2.75) is 19.8 Å². The van der Waals surface area contributed by atoms with Gasteiger partial charge in [0, 0.05) is 12.8 Å². The van der Waals surface area contributed by atoms with Crippen LogP contribution in [0.1, 0.15) is 19.2 Å². The molecule has 0 spiro atoms. The smallest absolute Gasteiger partial charge is 0.303 e. The molecule has 0 aliphatic carbocycles. The number of benzene rings is 1. The van der Waals surface area contributed by atoms with Gasteiger partial charge in [-0.3, -0.25) is 4.79 Å². The lowest BCUT2D eigenvalue weighted by atomic mass is 10.0. The molecule has 2 aromatic rings. The van der Waals surface area contributed by atoms with Crippen LogP contribution < -0.4 is 4.74 Å². The largest absolute Gasteiger partial charge is 0.496 e. The van der Waals surface area contributed by atoms with Gasteiger partial charge in [-0.2, -0.15) is 4.98 Å². The quantitative estimate of drug-likeness (QED) is 0.872. The highest BCUT2D eigenvalue weighted by Gasteiger charge is 2.16. The fourth-order valence-corrected chi connectivity index (χ4v) is 1.94. The Morgan fingerprint density at radius 1 is 1.45 bits per heavy atom. The van der Waals surface area contributed by atoms with Crippen LogP contribution in [0.4, 0.5) is 0 Å². The van der Waals surface area contributed by atoms with Crippen LogP contribution in [0.25, 0.3) is 11.4 Å². The Bertz CT molecular complexity index is 594. The molecule has 0 aliphatic heterocycles. The van der Waals surface area contributed by atoms with E-state index in [1.54, 1.807) is 7.11 Å². The van der Waals surface area contributed by atoms with Crippen LogP contribution in [0.2, 0.25) is 0 Å². The Labute approximate surface area is 116 Å². The summed E-state index contributed by atoms with van der Waals surface area (Å²) in [4.78, 5) is 14.9. The van der Waals surface area contributed by atoms with Gasteiger partial charge in [-0.05, 0) is 18.1 Å². The molecule has 0 amide bonds. The average Bonchev–Trinajstić information content (AvgIpc) is 2.85. The third-order valence-electron chi connectivity index (χ3n) is 2.86. The van der Waals surface area contributed by atoms with Gasteiger partial charge in [0.05, 0.1) is 12.7 Å². The van der Waals surface area contributed by atoms with Gasteiger partial charge in [-0.1, -0.05) is 24.2 Å².